The molecule has 7 nitrogen and oxygen atoms in total. The van der Waals surface area contributed by atoms with Crippen molar-refractivity contribution >= 4 is 15.7 Å². The van der Waals surface area contributed by atoms with E-state index in [9.17, 15) is 23.4 Å². The number of carbonyl (C=O) groups excluding carboxylic acids is 1. The van der Waals surface area contributed by atoms with Crippen molar-refractivity contribution in [3.63, 3.8) is 0 Å². The molecule has 1 saturated heterocycles. The highest BCUT2D eigenvalue weighted by molar-refractivity contribution is 7.91. The van der Waals surface area contributed by atoms with E-state index in [2.05, 4.69) is 13.0 Å². The summed E-state index contributed by atoms with van der Waals surface area (Å²) in [6.07, 6.45) is 11.9. The Morgan fingerprint density at radius 1 is 1.05 bits per heavy atom. The number of carbonyl (C=O) groups is 1. The lowest BCUT2D eigenvalue weighted by Gasteiger charge is -2.47. The number of nitrogens with zero attached hydrogens (tertiary/aromatic N) is 1. The van der Waals surface area contributed by atoms with Gasteiger partial charge in [0.05, 0.1) is 30.8 Å². The Morgan fingerprint density at radius 3 is 2.41 bits per heavy atom. The molecule has 0 spiro atoms. The third kappa shape index (κ3) is 9.61. The van der Waals surface area contributed by atoms with E-state index in [1.165, 1.54) is 5.57 Å². The molecule has 1 heterocycles. The average molecular weight is 564 g/mol. The zero-order valence-electron chi connectivity index (χ0n) is 23.9. The number of phenolic OH excluding ortho intramolecular Hbond substituents is 1. The van der Waals surface area contributed by atoms with Gasteiger partial charge in [0.2, 0.25) is 5.91 Å². The van der Waals surface area contributed by atoms with Crippen molar-refractivity contribution in [3.8, 4) is 5.75 Å². The van der Waals surface area contributed by atoms with Crippen molar-refractivity contribution in [2.24, 2.45) is 11.3 Å². The number of benzene rings is 1. The summed E-state index contributed by atoms with van der Waals surface area (Å²) in [6, 6.07) is 7.19. The van der Waals surface area contributed by atoms with E-state index in [1.807, 2.05) is 19.2 Å². The van der Waals surface area contributed by atoms with Crippen molar-refractivity contribution in [2.45, 2.75) is 90.1 Å². The molecule has 8 heteroatoms. The Kier molecular flexibility index (Phi) is 12.3. The molecule has 0 radical (unpaired) electrons. The number of fused-ring (bicyclic) bond motifs is 2. The van der Waals surface area contributed by atoms with E-state index in [1.54, 1.807) is 17.0 Å². The number of aliphatic hydroxyl groups excluding tert-OH is 1. The minimum atomic E-state index is -3.07. The number of unbranched alkanes of at least 4 members (excludes halogenated alkanes) is 5. The van der Waals surface area contributed by atoms with Crippen LogP contribution in [0.3, 0.4) is 0 Å². The normalized spacial score (nSPS) is 22.9. The van der Waals surface area contributed by atoms with Gasteiger partial charge in [0.25, 0.3) is 0 Å². The van der Waals surface area contributed by atoms with Crippen molar-refractivity contribution in [1.82, 2.24) is 4.90 Å². The van der Waals surface area contributed by atoms with Gasteiger partial charge in [-0.25, -0.2) is 8.42 Å². The summed E-state index contributed by atoms with van der Waals surface area (Å²) in [4.78, 5) is 13.9. The number of rotatable bonds is 17. The number of hydrogen-bond acceptors (Lipinski definition) is 6. The van der Waals surface area contributed by atoms with Gasteiger partial charge in [0.1, 0.15) is 15.6 Å². The van der Waals surface area contributed by atoms with Crippen LogP contribution in [0.5, 0.6) is 5.75 Å². The summed E-state index contributed by atoms with van der Waals surface area (Å²) in [6.45, 7) is 3.53. The maximum Gasteiger partial charge on any atom is 0.222 e. The van der Waals surface area contributed by atoms with Gasteiger partial charge < -0.3 is 19.8 Å². The lowest BCUT2D eigenvalue weighted by atomic mass is 9.65. The summed E-state index contributed by atoms with van der Waals surface area (Å²) >= 11 is 0. The molecule has 3 unspecified atom stereocenters. The second kappa shape index (κ2) is 15.2. The molecule has 0 saturated carbocycles. The van der Waals surface area contributed by atoms with Crippen LogP contribution in [0.1, 0.15) is 95.6 Å². The molecule has 1 aliphatic heterocycles. The van der Waals surface area contributed by atoms with Gasteiger partial charge in [0, 0.05) is 31.3 Å². The zero-order chi connectivity index (χ0) is 28.3. The monoisotopic (exact) mass is 563 g/mol. The molecule has 1 aromatic carbocycles. The fourth-order valence-corrected chi connectivity index (χ4v) is 7.34. The Balaban J connectivity index is 1.37. The van der Waals surface area contributed by atoms with Crippen molar-refractivity contribution in [1.29, 1.82) is 0 Å². The Labute approximate surface area is 235 Å². The highest BCUT2D eigenvalue weighted by atomic mass is 32.2. The smallest absolute Gasteiger partial charge is 0.222 e. The number of aliphatic hydroxyl groups is 1. The van der Waals surface area contributed by atoms with E-state index in [0.29, 0.717) is 25.9 Å². The summed E-state index contributed by atoms with van der Waals surface area (Å²) in [5, 5.41) is 19.7. The first-order chi connectivity index (χ1) is 18.7. The molecule has 1 aromatic rings. The molecule has 2 bridgehead atoms. The standard InChI is InChI=1S/C31H49NO6S/c1-3-4-19-32(2)29(35)12-8-6-10-21-39(36,37)20-9-5-7-11-25-17-18-31(23-33)22-28(25)30(38-24-31)26-13-15-27(34)16-14-26/h13-17,28,30,33-34H,3-12,18-24H2,1-2H3. The van der Waals surface area contributed by atoms with Gasteiger partial charge in [-0.3, -0.25) is 4.79 Å². The lowest BCUT2D eigenvalue weighted by Crippen LogP contribution is -2.43. The minimum Gasteiger partial charge on any atom is -0.508 e. The predicted molar refractivity (Wildman–Crippen MR) is 155 cm³/mol. The highest BCUT2D eigenvalue weighted by Crippen LogP contribution is 2.51. The largest absolute Gasteiger partial charge is 0.508 e. The molecule has 0 aromatic heterocycles. The topological polar surface area (TPSA) is 104 Å². The van der Waals surface area contributed by atoms with E-state index in [0.717, 1.165) is 69.9 Å². The lowest BCUT2D eigenvalue weighted by molar-refractivity contribution is -0.130. The molecular formula is C31H49NO6S. The number of ether oxygens (including phenoxy) is 1. The maximum absolute atomic E-state index is 12.5. The SMILES string of the molecule is CCCCN(C)C(=O)CCCCCS(=O)(=O)CCCCCC1=CCC2(CO)COC(c3ccc(O)cc3)C1C2. The molecule has 1 amide bonds. The minimum absolute atomic E-state index is 0.0933. The van der Waals surface area contributed by atoms with E-state index in [4.69, 9.17) is 4.74 Å². The molecule has 220 valence electrons. The third-order valence-electron chi connectivity index (χ3n) is 8.46. The van der Waals surface area contributed by atoms with Crippen molar-refractivity contribution < 1.29 is 28.2 Å². The molecule has 2 aliphatic rings. The number of sulfone groups is 1. The molecule has 39 heavy (non-hydrogen) atoms. The van der Waals surface area contributed by atoms with Crippen LogP contribution >= 0.6 is 0 Å². The second-order valence-electron chi connectivity index (χ2n) is 11.7. The molecule has 3 atom stereocenters. The fourth-order valence-electron chi connectivity index (χ4n) is 5.85. The first-order valence-corrected chi connectivity index (χ1v) is 16.7. The van der Waals surface area contributed by atoms with Crippen LogP contribution in [0.2, 0.25) is 0 Å². The van der Waals surface area contributed by atoms with E-state index in [-0.39, 0.29) is 47.2 Å². The zero-order valence-corrected chi connectivity index (χ0v) is 24.8. The number of allylic oxidation sites excluding steroid dienone is 1. The molecule has 3 rings (SSSR count). The van der Waals surface area contributed by atoms with E-state index >= 15 is 0 Å². The summed E-state index contributed by atoms with van der Waals surface area (Å²) < 4.78 is 31.3. The molecule has 2 N–H and O–H groups in total. The van der Waals surface area contributed by atoms with Gasteiger partial charge >= 0.3 is 0 Å². The first kappa shape index (κ1) is 31.6. The van der Waals surface area contributed by atoms with Crippen LogP contribution in [0.4, 0.5) is 0 Å². The average Bonchev–Trinajstić information content (AvgIpc) is 2.93. The van der Waals surface area contributed by atoms with Gasteiger partial charge in [-0.05, 0) is 69.1 Å². The fraction of sp³-hybridized carbons (Fsp3) is 0.710. The van der Waals surface area contributed by atoms with Gasteiger partial charge in [-0.2, -0.15) is 0 Å². The summed E-state index contributed by atoms with van der Waals surface area (Å²) in [7, 11) is -1.23. The quantitative estimate of drug-likeness (QED) is 0.190. The Hall–Kier alpha value is -1.90. The van der Waals surface area contributed by atoms with Crippen molar-refractivity contribution in [3.05, 3.63) is 41.5 Å². The third-order valence-corrected chi connectivity index (χ3v) is 10.3. The van der Waals surface area contributed by atoms with Crippen LogP contribution in [0.15, 0.2) is 35.9 Å². The first-order valence-electron chi connectivity index (χ1n) is 14.8. The van der Waals surface area contributed by atoms with Gasteiger partial charge in [-0.1, -0.05) is 50.0 Å². The maximum atomic E-state index is 12.5. The number of hydrogen-bond donors (Lipinski definition) is 2. The summed E-state index contributed by atoms with van der Waals surface area (Å²) in [5.74, 6) is 0.993. The molecule has 1 aliphatic carbocycles. The Morgan fingerprint density at radius 2 is 1.74 bits per heavy atom. The highest BCUT2D eigenvalue weighted by Gasteiger charge is 2.45. The Bertz CT molecular complexity index is 1040. The van der Waals surface area contributed by atoms with Crippen LogP contribution in [-0.4, -0.2) is 67.7 Å². The van der Waals surface area contributed by atoms with Crippen LogP contribution in [-0.2, 0) is 19.4 Å². The second-order valence-corrected chi connectivity index (χ2v) is 14.0. The van der Waals surface area contributed by atoms with Gasteiger partial charge in [-0.15, -0.1) is 0 Å². The summed E-state index contributed by atoms with van der Waals surface area (Å²) in [5.41, 5.74) is 2.17. The number of aromatic hydroxyl groups is 1. The number of phenols is 1. The molecular weight excluding hydrogens is 514 g/mol. The van der Waals surface area contributed by atoms with Crippen LogP contribution in [0.25, 0.3) is 0 Å². The van der Waals surface area contributed by atoms with Crippen LogP contribution < -0.4 is 0 Å². The molecule has 1 fully saturated rings. The van der Waals surface area contributed by atoms with Crippen molar-refractivity contribution in [2.75, 3.05) is 38.3 Å². The van der Waals surface area contributed by atoms with E-state index < -0.39 is 9.84 Å². The van der Waals surface area contributed by atoms with Crippen LogP contribution in [0, 0.1) is 11.3 Å². The number of amides is 1. The predicted octanol–water partition coefficient (Wildman–Crippen LogP) is 5.57. The van der Waals surface area contributed by atoms with Gasteiger partial charge in [0.15, 0.2) is 0 Å².